The molecule has 0 spiro atoms. The third kappa shape index (κ3) is 0.394. The van der Waals surface area contributed by atoms with E-state index in [-0.39, 0.29) is 0 Å². The van der Waals surface area contributed by atoms with Crippen LogP contribution in [0.4, 0.5) is 0 Å². The SMILES string of the molecule is N1=NNN=NN1. The van der Waals surface area contributed by atoms with Crippen molar-refractivity contribution in [3.8, 4) is 0 Å². The van der Waals surface area contributed by atoms with Gasteiger partial charge in [0, 0.05) is 0 Å². The van der Waals surface area contributed by atoms with Gasteiger partial charge in [-0.05, 0) is 20.9 Å². The van der Waals surface area contributed by atoms with Crippen molar-refractivity contribution >= 4 is 0 Å². The van der Waals surface area contributed by atoms with E-state index >= 15 is 0 Å². The van der Waals surface area contributed by atoms with Gasteiger partial charge in [-0.2, -0.15) is 11.1 Å². The Labute approximate surface area is 33.2 Å². The number of hydrogen-bond acceptors (Lipinski definition) is 6. The smallest absolute Gasteiger partial charge is 0.0304 e. The van der Waals surface area contributed by atoms with E-state index in [0.717, 1.165) is 0 Å². The quantitative estimate of drug-likeness (QED) is 0.426. The van der Waals surface area contributed by atoms with Crippen molar-refractivity contribution in [2.24, 2.45) is 20.9 Å². The first-order valence-corrected chi connectivity index (χ1v) is 1.29. The Balaban J connectivity index is 2.40. The Bertz CT molecular complexity index is 58.0. The second kappa shape index (κ2) is 1.29. The average molecular weight is 86.1 g/mol. The van der Waals surface area contributed by atoms with E-state index in [4.69, 9.17) is 0 Å². The van der Waals surface area contributed by atoms with Crippen LogP contribution in [-0.2, 0) is 0 Å². The molecular formula is H2N6. The number of nitrogens with one attached hydrogen (secondary N) is 2. The first-order chi connectivity index (χ1) is 3.00. The molecule has 1 aliphatic heterocycles. The Kier molecular flexibility index (Phi) is 0.648. The Morgan fingerprint density at radius 3 is 1.17 bits per heavy atom. The summed E-state index contributed by atoms with van der Waals surface area (Å²) in [6, 6.07) is 0. The van der Waals surface area contributed by atoms with Crippen molar-refractivity contribution in [2.75, 3.05) is 0 Å². The molecule has 0 unspecified atom stereocenters. The molecule has 0 aromatic rings. The van der Waals surface area contributed by atoms with Crippen LogP contribution in [0.3, 0.4) is 0 Å². The van der Waals surface area contributed by atoms with E-state index in [2.05, 4.69) is 32.0 Å². The van der Waals surface area contributed by atoms with Gasteiger partial charge in [0.1, 0.15) is 0 Å². The summed E-state index contributed by atoms with van der Waals surface area (Å²) < 4.78 is 0. The normalized spacial score (nSPS) is 16.0. The number of hydrogen-bond donors (Lipinski definition) is 2. The van der Waals surface area contributed by atoms with Crippen LogP contribution in [0.5, 0.6) is 0 Å². The highest BCUT2D eigenvalue weighted by molar-refractivity contribution is 4.15. The van der Waals surface area contributed by atoms with E-state index in [1.807, 2.05) is 0 Å². The second-order valence-electron chi connectivity index (χ2n) is 0.600. The molecule has 0 fully saturated rings. The van der Waals surface area contributed by atoms with Gasteiger partial charge < -0.3 is 0 Å². The van der Waals surface area contributed by atoms with Gasteiger partial charge in [-0.3, -0.25) is 0 Å². The maximum absolute atomic E-state index is 3.18. The van der Waals surface area contributed by atoms with Crippen molar-refractivity contribution < 1.29 is 0 Å². The van der Waals surface area contributed by atoms with Crippen LogP contribution in [0.1, 0.15) is 0 Å². The maximum atomic E-state index is 3.18. The molecule has 32 valence electrons. The van der Waals surface area contributed by atoms with Crippen LogP contribution in [-0.4, -0.2) is 0 Å². The molecule has 0 amide bonds. The molecule has 2 N–H and O–H groups in total. The zero-order valence-electron chi connectivity index (χ0n) is 2.79. The van der Waals surface area contributed by atoms with E-state index in [1.165, 1.54) is 0 Å². The summed E-state index contributed by atoms with van der Waals surface area (Å²) in [5.74, 6) is 0. The zero-order chi connectivity index (χ0) is 4.24. The Hall–Kier alpha value is -1.20. The maximum Gasteiger partial charge on any atom is -0.0304 e. The van der Waals surface area contributed by atoms with Crippen LogP contribution >= 0.6 is 0 Å². The van der Waals surface area contributed by atoms with Crippen molar-refractivity contribution in [1.29, 1.82) is 0 Å². The summed E-state index contributed by atoms with van der Waals surface area (Å²) in [4.78, 5) is 0. The molecule has 1 heterocycles. The summed E-state index contributed by atoms with van der Waals surface area (Å²) in [5, 5.41) is 12.7. The highest BCUT2D eigenvalue weighted by Crippen LogP contribution is 1.72. The van der Waals surface area contributed by atoms with E-state index in [0.29, 0.717) is 0 Å². The van der Waals surface area contributed by atoms with Crippen molar-refractivity contribution in [2.45, 2.75) is 0 Å². The topological polar surface area (TPSA) is 73.5 Å². The highest BCUT2D eigenvalue weighted by atomic mass is 15.8. The van der Waals surface area contributed by atoms with E-state index in [1.54, 1.807) is 0 Å². The fraction of sp³-hybridized carbons (Fsp3) is 0. The van der Waals surface area contributed by atoms with Gasteiger partial charge in [0.25, 0.3) is 0 Å². The van der Waals surface area contributed by atoms with E-state index < -0.39 is 0 Å². The molecule has 0 aromatic carbocycles. The standard InChI is InChI=1S/H2N6/c1-2-4-6-5-3-1/h(H,1,4,5)(H,2,3,6). The molecule has 6 heteroatoms. The third-order valence-electron chi connectivity index (χ3n) is 0.279. The van der Waals surface area contributed by atoms with Crippen molar-refractivity contribution in [3.63, 3.8) is 0 Å². The Morgan fingerprint density at radius 2 is 1.00 bits per heavy atom. The Morgan fingerprint density at radius 1 is 0.667 bits per heavy atom. The minimum absolute atomic E-state index is 2.14. The van der Waals surface area contributed by atoms with Gasteiger partial charge in [0.2, 0.25) is 0 Å². The molecular weight excluding hydrogens is 84.0 g/mol. The lowest BCUT2D eigenvalue weighted by Gasteiger charge is -1.89. The first kappa shape index (κ1) is 3.01. The molecule has 0 aliphatic carbocycles. The second-order valence-corrected chi connectivity index (χ2v) is 0.600. The molecule has 0 atom stereocenters. The summed E-state index contributed by atoms with van der Waals surface area (Å²) in [6.07, 6.45) is 0. The number of nitrogens with zero attached hydrogens (tertiary/aromatic N) is 4. The van der Waals surface area contributed by atoms with Gasteiger partial charge in [-0.1, -0.05) is 0 Å². The summed E-state index contributed by atoms with van der Waals surface area (Å²) in [6.45, 7) is 0. The largest absolute Gasteiger partial charge is 0.157 e. The highest BCUT2D eigenvalue weighted by Gasteiger charge is 1.74. The molecule has 1 aliphatic rings. The lowest BCUT2D eigenvalue weighted by atomic mass is 12.2. The molecule has 1 rings (SSSR count). The fourth-order valence-electron chi connectivity index (χ4n) is 0.129. The molecule has 0 aromatic heterocycles. The monoisotopic (exact) mass is 86.0 g/mol. The lowest BCUT2D eigenvalue weighted by molar-refractivity contribution is 0.516. The predicted octanol–water partition coefficient (Wildman–Crippen LogP) is -0.256. The van der Waals surface area contributed by atoms with Gasteiger partial charge in [0.15, 0.2) is 0 Å². The minimum Gasteiger partial charge on any atom is -0.157 e. The van der Waals surface area contributed by atoms with Crippen molar-refractivity contribution in [1.82, 2.24) is 11.1 Å². The van der Waals surface area contributed by atoms with Crippen LogP contribution in [0.15, 0.2) is 20.9 Å². The van der Waals surface area contributed by atoms with Gasteiger partial charge in [-0.25, -0.2) is 0 Å². The molecule has 0 radical (unpaired) electrons. The van der Waals surface area contributed by atoms with Gasteiger partial charge in [-0.15, -0.1) is 0 Å². The average Bonchev–Trinajstić information content (AvgIpc) is 1.72. The van der Waals surface area contributed by atoms with Crippen LogP contribution < -0.4 is 11.1 Å². The minimum atomic E-state index is 2.14. The van der Waals surface area contributed by atoms with Gasteiger partial charge >= 0.3 is 0 Å². The summed E-state index contributed by atoms with van der Waals surface area (Å²) in [7, 11) is 0. The molecule has 6 nitrogen and oxygen atoms in total. The van der Waals surface area contributed by atoms with Crippen LogP contribution in [0, 0.1) is 0 Å². The summed E-state index contributed by atoms with van der Waals surface area (Å²) in [5.41, 5.74) is 4.28. The lowest BCUT2D eigenvalue weighted by Crippen LogP contribution is -2.03. The predicted molar refractivity (Wildman–Crippen MR) is 16.0 cm³/mol. The molecule has 6 heavy (non-hydrogen) atoms. The first-order valence-electron chi connectivity index (χ1n) is 1.29. The number of rotatable bonds is 0. The van der Waals surface area contributed by atoms with Crippen molar-refractivity contribution in [3.05, 3.63) is 0 Å². The third-order valence-corrected chi connectivity index (χ3v) is 0.279. The summed E-state index contributed by atoms with van der Waals surface area (Å²) >= 11 is 0. The molecule has 0 saturated heterocycles. The van der Waals surface area contributed by atoms with Gasteiger partial charge in [0.05, 0.1) is 0 Å². The van der Waals surface area contributed by atoms with E-state index in [9.17, 15) is 0 Å². The van der Waals surface area contributed by atoms with Crippen LogP contribution in [0.25, 0.3) is 0 Å². The fourth-order valence-corrected chi connectivity index (χ4v) is 0.129. The zero-order valence-corrected chi connectivity index (χ0v) is 2.79. The molecule has 0 saturated carbocycles. The molecule has 0 bridgehead atoms. The van der Waals surface area contributed by atoms with Crippen LogP contribution in [0.2, 0.25) is 0 Å².